The molecule has 0 spiro atoms. The van der Waals surface area contributed by atoms with Crippen molar-refractivity contribution in [2.75, 3.05) is 0 Å². The van der Waals surface area contributed by atoms with Gasteiger partial charge in [0.25, 0.3) is 0 Å². The van der Waals surface area contributed by atoms with Crippen LogP contribution in [0.15, 0.2) is 0 Å². The molecule has 0 saturated carbocycles. The molecule has 0 radical (unpaired) electrons. The third kappa shape index (κ3) is 3.25. The van der Waals surface area contributed by atoms with Crippen LogP contribution in [0, 0.1) is 0 Å². The Morgan fingerprint density at radius 3 is 2.17 bits per heavy atom. The van der Waals surface area contributed by atoms with E-state index in [-0.39, 0.29) is 0 Å². The molecule has 0 aliphatic rings. The first kappa shape index (κ1) is 11.5. The first-order chi connectivity index (χ1) is 5.27. The Morgan fingerprint density at radius 1 is 1.50 bits per heavy atom. The molecule has 0 rings (SSSR count). The van der Waals surface area contributed by atoms with Gasteiger partial charge in [0.2, 0.25) is 4.84 Å². The molecule has 0 aromatic heterocycles. The minimum Gasteiger partial charge on any atom is -0.476 e. The van der Waals surface area contributed by atoms with Crippen LogP contribution in [0.25, 0.3) is 0 Å². The first-order valence-electron chi connectivity index (χ1n) is 2.74. The smallest absolute Gasteiger partial charge is 0.376 e. The maximum atomic E-state index is 10.6. The highest BCUT2D eigenvalue weighted by molar-refractivity contribution is 6.52. The van der Waals surface area contributed by atoms with Crippen molar-refractivity contribution in [3.63, 3.8) is 0 Å². The molecule has 7 heteroatoms. The molecule has 0 aliphatic heterocycles. The van der Waals surface area contributed by atoms with Gasteiger partial charge in [-0.05, 0) is 0 Å². The number of carboxylic acids is 1. The van der Waals surface area contributed by atoms with Crippen molar-refractivity contribution in [1.82, 2.24) is 0 Å². The van der Waals surface area contributed by atoms with Crippen molar-refractivity contribution in [2.45, 2.75) is 17.5 Å². The third-order valence-electron chi connectivity index (χ3n) is 0.874. The summed E-state index contributed by atoms with van der Waals surface area (Å²) in [5, 5.41) is 17.1. The van der Waals surface area contributed by atoms with Crippen LogP contribution in [0.4, 0.5) is 0 Å². The largest absolute Gasteiger partial charge is 0.476 e. The fraction of sp³-hybridized carbons (Fsp3) is 0.600. The fourth-order valence-electron chi connectivity index (χ4n) is 0.284. The number of hydrogen-bond acceptors (Lipinski definition) is 4. The van der Waals surface area contributed by atoms with Crippen LogP contribution in [-0.4, -0.2) is 32.8 Å². The fourth-order valence-corrected chi connectivity index (χ4v) is 0.373. The summed E-state index contributed by atoms with van der Waals surface area (Å²) in [6, 6.07) is 0. The average Bonchev–Trinajstić information content (AvgIpc) is 1.85. The topological polar surface area (TPSA) is 83.8 Å². The van der Waals surface area contributed by atoms with Gasteiger partial charge < -0.3 is 14.9 Å². The second kappa shape index (κ2) is 3.93. The molecule has 1 unspecified atom stereocenters. The Kier molecular flexibility index (Phi) is 3.76. The lowest BCUT2D eigenvalue weighted by molar-refractivity contribution is -0.216. The van der Waals surface area contributed by atoms with Gasteiger partial charge in [0.05, 0.1) is 0 Å². The molecule has 0 amide bonds. The molecule has 5 nitrogen and oxygen atoms in total. The van der Waals surface area contributed by atoms with Gasteiger partial charge in [0, 0.05) is 6.92 Å². The molecule has 0 bridgehead atoms. The van der Waals surface area contributed by atoms with Crippen LogP contribution in [0.2, 0.25) is 0 Å². The molecule has 70 valence electrons. The van der Waals surface area contributed by atoms with Crippen LogP contribution >= 0.6 is 23.2 Å². The van der Waals surface area contributed by atoms with E-state index < -0.39 is 22.6 Å². The number of hydrogen-bond donors (Lipinski definition) is 2. The van der Waals surface area contributed by atoms with Crippen molar-refractivity contribution in [2.24, 2.45) is 0 Å². The summed E-state index contributed by atoms with van der Waals surface area (Å²) in [5.41, 5.74) is 0. The highest BCUT2D eigenvalue weighted by Crippen LogP contribution is 2.11. The Balaban J connectivity index is 4.25. The highest BCUT2D eigenvalue weighted by Gasteiger charge is 2.36. The van der Waals surface area contributed by atoms with Gasteiger partial charge in [0.15, 0.2) is 0 Å². The van der Waals surface area contributed by atoms with E-state index in [1.54, 1.807) is 0 Å². The van der Waals surface area contributed by atoms with Crippen molar-refractivity contribution in [3.8, 4) is 0 Å². The lowest BCUT2D eigenvalue weighted by Gasteiger charge is -2.18. The predicted octanol–water partition coefficient (Wildman–Crippen LogP) is 0.126. The molecule has 0 aliphatic carbocycles. The first-order valence-corrected chi connectivity index (χ1v) is 3.61. The summed E-state index contributed by atoms with van der Waals surface area (Å²) in [6.45, 7) is 0.781. The van der Waals surface area contributed by atoms with Gasteiger partial charge in [-0.1, -0.05) is 23.2 Å². The van der Waals surface area contributed by atoms with Crippen LogP contribution in [-0.2, 0) is 14.3 Å². The van der Waals surface area contributed by atoms with E-state index in [1.807, 2.05) is 0 Å². The number of aliphatic carboxylic acids is 1. The molecular weight excluding hydrogens is 211 g/mol. The normalized spacial score (nSPS) is 15.4. The Labute approximate surface area is 77.8 Å². The number of esters is 1. The third-order valence-corrected chi connectivity index (χ3v) is 1.23. The van der Waals surface area contributed by atoms with Gasteiger partial charge in [-0.15, -0.1) is 0 Å². The number of carbonyl (C=O) groups is 2. The monoisotopic (exact) mass is 216 g/mol. The summed E-state index contributed by atoms with van der Waals surface area (Å²) >= 11 is 10.1. The summed E-state index contributed by atoms with van der Waals surface area (Å²) in [6.07, 6.45) is 0. The van der Waals surface area contributed by atoms with Gasteiger partial charge in [0.1, 0.15) is 0 Å². The molecule has 1 atom stereocenters. The minimum atomic E-state index is -2.60. The van der Waals surface area contributed by atoms with E-state index in [2.05, 4.69) is 4.74 Å². The number of carbonyl (C=O) groups excluding carboxylic acids is 1. The van der Waals surface area contributed by atoms with Crippen molar-refractivity contribution >= 4 is 35.1 Å². The Morgan fingerprint density at radius 2 is 1.92 bits per heavy atom. The van der Waals surface area contributed by atoms with E-state index >= 15 is 0 Å². The minimum absolute atomic E-state index is 0.781. The van der Waals surface area contributed by atoms with Crippen LogP contribution in [0.5, 0.6) is 0 Å². The average molecular weight is 217 g/mol. The highest BCUT2D eigenvalue weighted by atomic mass is 35.5. The Hall–Kier alpha value is -0.520. The molecule has 0 heterocycles. The number of carboxylic acid groups (broad SMARTS) is 1. The van der Waals surface area contributed by atoms with E-state index in [1.165, 1.54) is 0 Å². The zero-order chi connectivity index (χ0) is 9.94. The molecule has 2 N–H and O–H groups in total. The summed E-state index contributed by atoms with van der Waals surface area (Å²) in [5.74, 6) is -5.52. The van der Waals surface area contributed by atoms with E-state index in [0.717, 1.165) is 6.92 Å². The van der Waals surface area contributed by atoms with Gasteiger partial charge in [-0.25, -0.2) is 9.59 Å². The maximum absolute atomic E-state index is 10.6. The molecule has 0 aromatic rings. The molecule has 0 fully saturated rings. The standard InChI is InChI=1S/C5H6Cl2O5/c1-5(11,4(9)10)12-3(8)2(6)7/h2,11H,1H3,(H,9,10). The summed E-state index contributed by atoms with van der Waals surface area (Å²) < 4.78 is 4.01. The van der Waals surface area contributed by atoms with Gasteiger partial charge >= 0.3 is 17.7 Å². The molecular formula is C5H6Cl2O5. The zero-order valence-electron chi connectivity index (χ0n) is 5.95. The van der Waals surface area contributed by atoms with Gasteiger partial charge in [-0.3, -0.25) is 0 Å². The van der Waals surface area contributed by atoms with Crippen molar-refractivity contribution in [3.05, 3.63) is 0 Å². The van der Waals surface area contributed by atoms with Crippen LogP contribution in [0.3, 0.4) is 0 Å². The zero-order valence-corrected chi connectivity index (χ0v) is 7.46. The van der Waals surface area contributed by atoms with E-state index in [9.17, 15) is 9.59 Å². The summed E-state index contributed by atoms with van der Waals surface area (Å²) in [4.78, 5) is 19.2. The summed E-state index contributed by atoms with van der Waals surface area (Å²) in [7, 11) is 0. The number of rotatable bonds is 3. The number of ether oxygens (including phenoxy) is 1. The molecule has 0 aromatic carbocycles. The lowest BCUT2D eigenvalue weighted by atomic mass is 10.3. The molecule has 0 saturated heterocycles. The van der Waals surface area contributed by atoms with Crippen LogP contribution in [0.1, 0.15) is 6.92 Å². The maximum Gasteiger partial charge on any atom is 0.376 e. The van der Waals surface area contributed by atoms with Crippen molar-refractivity contribution < 1.29 is 24.5 Å². The van der Waals surface area contributed by atoms with E-state index in [0.29, 0.717) is 0 Å². The van der Waals surface area contributed by atoms with Crippen molar-refractivity contribution in [1.29, 1.82) is 0 Å². The lowest BCUT2D eigenvalue weighted by Crippen LogP contribution is -2.41. The number of halogens is 2. The van der Waals surface area contributed by atoms with E-state index in [4.69, 9.17) is 33.4 Å². The predicted molar refractivity (Wildman–Crippen MR) is 39.8 cm³/mol. The number of aliphatic hydroxyl groups is 1. The quantitative estimate of drug-likeness (QED) is 0.398. The van der Waals surface area contributed by atoms with Gasteiger partial charge in [-0.2, -0.15) is 0 Å². The number of alkyl halides is 2. The SMILES string of the molecule is CC(O)(OC(=O)C(Cl)Cl)C(=O)O. The molecule has 12 heavy (non-hydrogen) atoms. The Bertz CT molecular complexity index is 200. The van der Waals surface area contributed by atoms with Crippen LogP contribution < -0.4 is 0 Å². The second-order valence-electron chi connectivity index (χ2n) is 2.01. The second-order valence-corrected chi connectivity index (χ2v) is 3.11.